The van der Waals surface area contributed by atoms with Crippen LogP contribution in [0.1, 0.15) is 87.3 Å². The fraction of sp³-hybridized carbons (Fsp3) is 0.543. The first-order chi connectivity index (χ1) is 31.8. The van der Waals surface area contributed by atoms with Gasteiger partial charge in [0.2, 0.25) is 17.7 Å². The topological polar surface area (TPSA) is 217 Å². The van der Waals surface area contributed by atoms with Gasteiger partial charge in [-0.3, -0.25) is 14.4 Å². The summed E-state index contributed by atoms with van der Waals surface area (Å²) in [4.78, 5) is 49.9. The molecule has 5 N–H and O–H groups in total. The van der Waals surface area contributed by atoms with Crippen molar-refractivity contribution in [3.63, 3.8) is 0 Å². The van der Waals surface area contributed by atoms with Gasteiger partial charge in [0.1, 0.15) is 48.6 Å². The van der Waals surface area contributed by atoms with Crippen LogP contribution in [0.3, 0.4) is 0 Å². The monoisotopic (exact) mass is 951 g/mol. The number of carbonyl (C=O) groups is 3. The minimum atomic E-state index is -4.65. The van der Waals surface area contributed by atoms with Crippen LogP contribution in [0.25, 0.3) is 10.4 Å². The summed E-state index contributed by atoms with van der Waals surface area (Å²) in [6, 6.07) is 13.1. The number of hydrogen-bond acceptors (Lipinski definition) is 14. The number of rotatable bonds is 12. The van der Waals surface area contributed by atoms with E-state index in [4.69, 9.17) is 9.47 Å². The molecule has 360 valence electrons. The van der Waals surface area contributed by atoms with Crippen molar-refractivity contribution in [1.29, 1.82) is 0 Å². The van der Waals surface area contributed by atoms with Gasteiger partial charge in [0.15, 0.2) is 5.82 Å². The zero-order valence-corrected chi connectivity index (χ0v) is 38.5. The Morgan fingerprint density at radius 3 is 2.31 bits per heavy atom. The maximum absolute atomic E-state index is 14.1. The van der Waals surface area contributed by atoms with Crippen molar-refractivity contribution in [2.75, 3.05) is 26.2 Å². The second-order valence-electron chi connectivity index (χ2n) is 18.7. The lowest BCUT2D eigenvalue weighted by Crippen LogP contribution is -2.58. The molecule has 4 unspecified atom stereocenters. The predicted molar refractivity (Wildman–Crippen MR) is 239 cm³/mol. The number of hydrogen-bond donors (Lipinski definition) is 5. The van der Waals surface area contributed by atoms with E-state index in [9.17, 15) is 42.9 Å². The van der Waals surface area contributed by atoms with Crippen LogP contribution in [0.2, 0.25) is 0 Å². The van der Waals surface area contributed by atoms with E-state index in [2.05, 4.69) is 30.9 Å². The number of thiazole rings is 1. The van der Waals surface area contributed by atoms with Crippen LogP contribution in [0, 0.1) is 12.3 Å². The number of aliphatic hydroxyl groups is 3. The Hall–Kier alpha value is -5.48. The number of nitrogens with zero attached hydrogens (tertiary/aromatic N) is 7. The molecule has 0 radical (unpaired) electrons. The number of fused-ring (bicyclic) bond motifs is 1. The van der Waals surface area contributed by atoms with Gasteiger partial charge in [-0.15, -0.1) is 21.5 Å². The van der Waals surface area contributed by atoms with Crippen LogP contribution in [0.15, 0.2) is 59.1 Å². The number of aliphatic hydroxyl groups excluding tert-OH is 3. The van der Waals surface area contributed by atoms with Crippen molar-refractivity contribution < 1.29 is 52.3 Å². The van der Waals surface area contributed by atoms with E-state index in [-0.39, 0.29) is 44.3 Å². The quantitative estimate of drug-likeness (QED) is 0.137. The van der Waals surface area contributed by atoms with Crippen LogP contribution >= 0.6 is 11.3 Å². The molecule has 4 aliphatic heterocycles. The summed E-state index contributed by atoms with van der Waals surface area (Å²) in [5.41, 5.74) is 4.86. The van der Waals surface area contributed by atoms with Gasteiger partial charge in [0, 0.05) is 45.4 Å². The van der Waals surface area contributed by atoms with Crippen molar-refractivity contribution >= 4 is 34.9 Å². The Morgan fingerprint density at radius 2 is 1.66 bits per heavy atom. The fourth-order valence-corrected chi connectivity index (χ4v) is 9.97. The van der Waals surface area contributed by atoms with Crippen LogP contribution < -0.4 is 15.4 Å². The second kappa shape index (κ2) is 19.6. The molecule has 2 aromatic heterocycles. The van der Waals surface area contributed by atoms with E-state index in [1.807, 2.05) is 48.2 Å². The van der Waals surface area contributed by atoms with Crippen molar-refractivity contribution in [3.05, 3.63) is 82.5 Å². The third-order valence-corrected chi connectivity index (χ3v) is 13.9. The van der Waals surface area contributed by atoms with Gasteiger partial charge in [-0.05, 0) is 59.9 Å². The summed E-state index contributed by atoms with van der Waals surface area (Å²) in [7, 11) is 0. The first kappa shape index (κ1) is 48.0. The van der Waals surface area contributed by atoms with Crippen molar-refractivity contribution in [1.82, 2.24) is 40.3 Å². The number of amides is 3. The molecule has 67 heavy (non-hydrogen) atoms. The van der Waals surface area contributed by atoms with Crippen LogP contribution in [-0.4, -0.2) is 137 Å². The number of nitrogens with one attached hydrogen (secondary N) is 2. The number of aromatic nitrogens is 4. The molecule has 2 aromatic carbocycles. The maximum Gasteiger partial charge on any atom is 0.453 e. The summed E-state index contributed by atoms with van der Waals surface area (Å²) >= 11 is 1.55. The molecule has 4 aromatic rings. The average molecular weight is 952 g/mol. The lowest BCUT2D eigenvalue weighted by Gasteiger charge is -2.35. The van der Waals surface area contributed by atoms with Gasteiger partial charge in [-0.25, -0.2) is 4.98 Å². The first-order valence-electron chi connectivity index (χ1n) is 22.5. The SMILES string of the molecule is Cc1ncsc1-c1ccc(CNC(=O)C2CC(O)CN2C(=O)C(NC(=O)CC2O[C@H](COc3ccc(C4CCN(C5=Nn6c(nnc6C(F)(F)F)CC5)CC4)cc3)[C@@H](O)[C@H]2O)C(C)(C)C)cc1. The number of carbonyl (C=O) groups excluding carboxylic acids is 3. The number of piperidine rings is 1. The lowest BCUT2D eigenvalue weighted by molar-refractivity contribution is -0.147. The number of halogens is 3. The predicted octanol–water partition coefficient (Wildman–Crippen LogP) is 3.78. The van der Waals surface area contributed by atoms with Gasteiger partial charge in [-0.1, -0.05) is 57.2 Å². The van der Waals surface area contributed by atoms with E-state index in [1.54, 1.807) is 49.8 Å². The van der Waals surface area contributed by atoms with Gasteiger partial charge in [-0.2, -0.15) is 22.9 Å². The van der Waals surface area contributed by atoms with Gasteiger partial charge in [0.25, 0.3) is 5.82 Å². The zero-order chi connectivity index (χ0) is 47.8. The van der Waals surface area contributed by atoms with Crippen molar-refractivity contribution in [2.45, 2.75) is 127 Å². The highest BCUT2D eigenvalue weighted by atomic mass is 32.1. The van der Waals surface area contributed by atoms with Gasteiger partial charge >= 0.3 is 6.18 Å². The molecule has 0 spiro atoms. The number of benzene rings is 2. The molecule has 21 heteroatoms. The zero-order valence-electron chi connectivity index (χ0n) is 37.6. The minimum absolute atomic E-state index is 0.0330. The van der Waals surface area contributed by atoms with E-state index in [1.165, 1.54) is 4.90 Å². The summed E-state index contributed by atoms with van der Waals surface area (Å²) in [5.74, 6) is -1.22. The number of likely N-dealkylation sites (tertiary alicyclic amines) is 2. The molecule has 0 saturated carbocycles. The molecular weight excluding hydrogens is 896 g/mol. The molecule has 4 aliphatic rings. The molecule has 3 amide bonds. The minimum Gasteiger partial charge on any atom is -0.491 e. The number of amidine groups is 1. The fourth-order valence-electron chi connectivity index (χ4n) is 9.16. The molecule has 3 saturated heterocycles. The maximum atomic E-state index is 14.1. The number of aryl methyl sites for hydroxylation is 2. The van der Waals surface area contributed by atoms with Gasteiger partial charge < -0.3 is 45.2 Å². The summed E-state index contributed by atoms with van der Waals surface area (Å²) in [6.45, 7) is 8.50. The molecule has 6 heterocycles. The smallest absolute Gasteiger partial charge is 0.453 e. The molecule has 0 bridgehead atoms. The Labute approximate surface area is 389 Å². The molecular formula is C46H56F3N9O8S. The standard InChI is InChI=1S/C46H56F3N9O8S/c1-25-40(67-24-51-25)29-7-5-26(6-8-29)21-50-42(63)32-19-30(59)22-57(32)43(64)41(45(2,3)4)52-37(60)20-33-38(61)39(62)34(66-33)23-65-31-11-9-27(10-12-31)28-15-17-56(18-16-28)36-14-13-35-53-54-44(46(47,48)49)58(35)55-36/h5-12,24,28,30,32-34,38-39,41,59,61-62H,13-23H2,1-4H3,(H,50,63)(H,52,60)/t30?,32?,33?,34-,38+,39-,41?/m1/s1. The molecule has 0 aliphatic carbocycles. The third kappa shape index (κ3) is 10.8. The lowest BCUT2D eigenvalue weighted by atomic mass is 9.85. The number of ether oxygens (including phenoxy) is 2. The molecule has 7 atom stereocenters. The van der Waals surface area contributed by atoms with Crippen LogP contribution in [0.5, 0.6) is 5.75 Å². The highest BCUT2D eigenvalue weighted by molar-refractivity contribution is 7.13. The van der Waals surface area contributed by atoms with Crippen molar-refractivity contribution in [2.24, 2.45) is 10.5 Å². The normalized spacial score (nSPS) is 24.0. The van der Waals surface area contributed by atoms with E-state index in [0.29, 0.717) is 37.5 Å². The first-order valence-corrected chi connectivity index (χ1v) is 23.4. The van der Waals surface area contributed by atoms with Crippen molar-refractivity contribution in [3.8, 4) is 16.2 Å². The third-order valence-electron chi connectivity index (χ3n) is 12.9. The van der Waals surface area contributed by atoms with Crippen LogP contribution in [0.4, 0.5) is 13.2 Å². The Kier molecular flexibility index (Phi) is 14.1. The Balaban J connectivity index is 0.804. The van der Waals surface area contributed by atoms with E-state index >= 15 is 0 Å². The number of alkyl halides is 3. The second-order valence-corrected chi connectivity index (χ2v) is 19.6. The summed E-state index contributed by atoms with van der Waals surface area (Å²) < 4.78 is 52.9. The number of β-amino-alcohol motifs (C(OH)–C–C–N with tert-alkyl or cyclic N) is 1. The largest absolute Gasteiger partial charge is 0.491 e. The molecule has 8 rings (SSSR count). The highest BCUT2D eigenvalue weighted by Gasteiger charge is 2.47. The summed E-state index contributed by atoms with van der Waals surface area (Å²) in [6.07, 6.45) is -8.45. The molecule has 3 fully saturated rings. The Bertz CT molecular complexity index is 2430. The molecule has 17 nitrogen and oxygen atoms in total. The highest BCUT2D eigenvalue weighted by Crippen LogP contribution is 2.34. The summed E-state index contributed by atoms with van der Waals surface area (Å²) in [5, 5.41) is 49.3. The van der Waals surface area contributed by atoms with Crippen LogP contribution in [-0.2, 0) is 38.3 Å². The average Bonchev–Trinajstić information content (AvgIpc) is 4.09. The van der Waals surface area contributed by atoms with Gasteiger partial charge in [0.05, 0.1) is 34.7 Å². The van der Waals surface area contributed by atoms with E-state index < -0.39 is 77.7 Å². The van der Waals surface area contributed by atoms with E-state index in [0.717, 1.165) is 44.8 Å². The Morgan fingerprint density at radius 1 is 0.955 bits per heavy atom.